The van der Waals surface area contributed by atoms with Crippen LogP contribution in [-0.4, -0.2) is 46.1 Å². The average Bonchev–Trinajstić information content (AvgIpc) is 2.72. The van der Waals surface area contributed by atoms with E-state index in [4.69, 9.17) is 4.74 Å². The normalized spacial score (nSPS) is 19.7. The Morgan fingerprint density at radius 2 is 1.88 bits per heavy atom. The lowest BCUT2D eigenvalue weighted by Crippen LogP contribution is -2.48. The van der Waals surface area contributed by atoms with Crippen molar-refractivity contribution < 1.29 is 9.53 Å². The topological polar surface area (TPSA) is 87.3 Å². The van der Waals surface area contributed by atoms with Crippen LogP contribution >= 0.6 is 15.9 Å². The van der Waals surface area contributed by atoms with Gasteiger partial charge in [0.1, 0.15) is 5.82 Å². The van der Waals surface area contributed by atoms with Crippen LogP contribution in [0.25, 0.3) is 10.9 Å². The summed E-state index contributed by atoms with van der Waals surface area (Å²) in [6.07, 6.45) is 0.0764. The summed E-state index contributed by atoms with van der Waals surface area (Å²) >= 11 is 3.61. The second-order valence-electron chi connectivity index (χ2n) is 8.45. The molecule has 7 nitrogen and oxygen atoms in total. The number of carbonyl (C=O) groups excluding carboxylic acids is 1. The Kier molecular flexibility index (Phi) is 6.35. The molecule has 0 radical (unpaired) electrons. The van der Waals surface area contributed by atoms with E-state index in [0.717, 1.165) is 15.7 Å². The molecule has 1 aromatic heterocycles. The lowest BCUT2D eigenvalue weighted by molar-refractivity contribution is -0.0586. The van der Waals surface area contributed by atoms with Crippen molar-refractivity contribution in [2.45, 2.75) is 45.9 Å². The first kappa shape index (κ1) is 22.5. The summed E-state index contributed by atoms with van der Waals surface area (Å²) in [6, 6.07) is 11.2. The number of hydrogen-bond donors (Lipinski definition) is 2. The highest BCUT2D eigenvalue weighted by atomic mass is 79.9. The number of fused-ring (bicyclic) bond motifs is 1. The van der Waals surface area contributed by atoms with Gasteiger partial charge in [-0.1, -0.05) is 15.9 Å². The summed E-state index contributed by atoms with van der Waals surface area (Å²) in [7, 11) is 0. The van der Waals surface area contributed by atoms with Crippen LogP contribution in [0.2, 0.25) is 0 Å². The quantitative estimate of drug-likeness (QED) is 0.555. The van der Waals surface area contributed by atoms with E-state index < -0.39 is 0 Å². The third-order valence-corrected chi connectivity index (χ3v) is 6.32. The molecule has 1 aliphatic rings. The summed E-state index contributed by atoms with van der Waals surface area (Å²) < 4.78 is 6.60. The van der Waals surface area contributed by atoms with E-state index in [2.05, 4.69) is 31.2 Å². The molecule has 1 saturated heterocycles. The number of ether oxygens (including phenoxy) is 1. The van der Waals surface area contributed by atoms with E-state index in [1.807, 2.05) is 62.1 Å². The molecular weight excluding hydrogens is 472 g/mol. The minimum absolute atomic E-state index is 0.0193. The molecule has 0 saturated carbocycles. The maximum atomic E-state index is 12.9. The van der Waals surface area contributed by atoms with Crippen LogP contribution in [0.1, 0.15) is 48.6 Å². The van der Waals surface area contributed by atoms with Gasteiger partial charge in [0.25, 0.3) is 11.5 Å². The molecule has 8 heteroatoms. The van der Waals surface area contributed by atoms with Crippen LogP contribution in [0.5, 0.6) is 0 Å². The first-order chi connectivity index (χ1) is 15.2. The molecule has 1 aliphatic heterocycles. The number of anilines is 1. The molecule has 168 valence electrons. The van der Waals surface area contributed by atoms with Crippen molar-refractivity contribution in [1.82, 2.24) is 14.9 Å². The van der Waals surface area contributed by atoms with Crippen molar-refractivity contribution in [2.75, 3.05) is 18.4 Å². The standard InChI is InChI=1S/C24H27BrN4O3/c1-13-11-29(12-14(2)32-13)24(31)17-5-7-18(8-6-17)26-15(3)19-9-20-22(10-21(19)25)27-16(4)28-23(20)30/h5-10,13-15,26H,11-12H2,1-4H3,(H,27,28,30)/t13-,14+,15-/m0/s1. The Morgan fingerprint density at radius 3 is 2.53 bits per heavy atom. The monoisotopic (exact) mass is 498 g/mol. The van der Waals surface area contributed by atoms with Crippen molar-refractivity contribution in [1.29, 1.82) is 0 Å². The van der Waals surface area contributed by atoms with Gasteiger partial charge in [-0.25, -0.2) is 4.98 Å². The average molecular weight is 499 g/mol. The Balaban J connectivity index is 1.50. The van der Waals surface area contributed by atoms with Gasteiger partial charge in [-0.3, -0.25) is 9.59 Å². The van der Waals surface area contributed by atoms with E-state index in [0.29, 0.717) is 35.4 Å². The van der Waals surface area contributed by atoms with Crippen LogP contribution in [0.15, 0.2) is 45.7 Å². The number of nitrogens with zero attached hydrogens (tertiary/aromatic N) is 2. The summed E-state index contributed by atoms with van der Waals surface area (Å²) in [5.74, 6) is 0.606. The molecule has 1 amide bonds. The number of rotatable bonds is 4. The molecule has 2 N–H and O–H groups in total. The number of hydrogen-bond acceptors (Lipinski definition) is 5. The molecular formula is C24H27BrN4O3. The highest BCUT2D eigenvalue weighted by molar-refractivity contribution is 9.10. The molecule has 0 unspecified atom stereocenters. The van der Waals surface area contributed by atoms with E-state index in [9.17, 15) is 9.59 Å². The molecule has 3 aromatic rings. The third kappa shape index (κ3) is 4.71. The van der Waals surface area contributed by atoms with Gasteiger partial charge in [0.2, 0.25) is 0 Å². The number of halogens is 1. The first-order valence-corrected chi connectivity index (χ1v) is 11.5. The molecule has 2 aromatic carbocycles. The molecule has 2 heterocycles. The zero-order valence-corrected chi connectivity index (χ0v) is 20.2. The molecule has 1 fully saturated rings. The van der Waals surface area contributed by atoms with Crippen LogP contribution in [0.3, 0.4) is 0 Å². The zero-order valence-electron chi connectivity index (χ0n) is 18.6. The van der Waals surface area contributed by atoms with Gasteiger partial charge >= 0.3 is 0 Å². The minimum Gasteiger partial charge on any atom is -0.378 e. The number of aromatic nitrogens is 2. The molecule has 0 aliphatic carbocycles. The molecule has 0 bridgehead atoms. The van der Waals surface area contributed by atoms with E-state index in [1.165, 1.54) is 0 Å². The van der Waals surface area contributed by atoms with Crippen LogP contribution in [0, 0.1) is 6.92 Å². The van der Waals surface area contributed by atoms with Gasteiger partial charge in [0, 0.05) is 34.9 Å². The largest absolute Gasteiger partial charge is 0.378 e. The summed E-state index contributed by atoms with van der Waals surface area (Å²) in [5.41, 5.74) is 3.00. The van der Waals surface area contributed by atoms with Crippen molar-refractivity contribution >= 4 is 38.4 Å². The predicted molar refractivity (Wildman–Crippen MR) is 129 cm³/mol. The number of amides is 1. The van der Waals surface area contributed by atoms with E-state index >= 15 is 0 Å². The fourth-order valence-corrected chi connectivity index (χ4v) is 4.86. The highest BCUT2D eigenvalue weighted by Crippen LogP contribution is 2.29. The number of aryl methyl sites for hydroxylation is 1. The van der Waals surface area contributed by atoms with Gasteiger partial charge in [0.05, 0.1) is 23.1 Å². The number of H-pyrrole nitrogens is 1. The van der Waals surface area contributed by atoms with E-state index in [-0.39, 0.29) is 29.7 Å². The number of aromatic amines is 1. The maximum absolute atomic E-state index is 12.9. The fraction of sp³-hybridized carbons (Fsp3) is 0.375. The second kappa shape index (κ2) is 9.03. The maximum Gasteiger partial charge on any atom is 0.258 e. The van der Waals surface area contributed by atoms with Gasteiger partial charge in [0.15, 0.2) is 0 Å². The third-order valence-electron chi connectivity index (χ3n) is 5.63. The van der Waals surface area contributed by atoms with Crippen molar-refractivity contribution in [3.8, 4) is 0 Å². The van der Waals surface area contributed by atoms with Crippen molar-refractivity contribution in [3.05, 3.63) is 68.2 Å². The Bertz CT molecular complexity index is 1200. The number of morpholine rings is 1. The van der Waals surface area contributed by atoms with Crippen LogP contribution in [-0.2, 0) is 4.74 Å². The first-order valence-electron chi connectivity index (χ1n) is 10.7. The van der Waals surface area contributed by atoms with Crippen LogP contribution < -0.4 is 10.9 Å². The van der Waals surface area contributed by atoms with Gasteiger partial charge in [-0.05, 0) is 69.7 Å². The van der Waals surface area contributed by atoms with Gasteiger partial charge < -0.3 is 19.9 Å². The summed E-state index contributed by atoms with van der Waals surface area (Å²) in [4.78, 5) is 34.2. The summed E-state index contributed by atoms with van der Waals surface area (Å²) in [6.45, 7) is 8.97. The fourth-order valence-electron chi connectivity index (χ4n) is 4.19. The van der Waals surface area contributed by atoms with Gasteiger partial charge in [-0.2, -0.15) is 0 Å². The van der Waals surface area contributed by atoms with Crippen molar-refractivity contribution in [2.24, 2.45) is 0 Å². The molecule has 3 atom stereocenters. The van der Waals surface area contributed by atoms with Crippen molar-refractivity contribution in [3.63, 3.8) is 0 Å². The summed E-state index contributed by atoms with van der Waals surface area (Å²) in [5, 5.41) is 4.00. The number of carbonyl (C=O) groups is 1. The Hall–Kier alpha value is -2.71. The number of benzene rings is 2. The minimum atomic E-state index is -0.150. The van der Waals surface area contributed by atoms with Gasteiger partial charge in [-0.15, -0.1) is 0 Å². The second-order valence-corrected chi connectivity index (χ2v) is 9.31. The SMILES string of the molecule is Cc1nc2cc(Br)c([C@H](C)Nc3ccc(C(=O)N4C[C@@H](C)O[C@@H](C)C4)cc3)cc2c(=O)[nH]1. The lowest BCUT2D eigenvalue weighted by Gasteiger charge is -2.35. The molecule has 4 rings (SSSR count). The number of nitrogens with one attached hydrogen (secondary N) is 2. The Morgan fingerprint density at radius 1 is 1.22 bits per heavy atom. The zero-order chi connectivity index (χ0) is 23.0. The smallest absolute Gasteiger partial charge is 0.258 e. The predicted octanol–water partition coefficient (Wildman–Crippen LogP) is 4.42. The lowest BCUT2D eigenvalue weighted by atomic mass is 10.0. The molecule has 0 spiro atoms. The Labute approximate surface area is 195 Å². The molecule has 32 heavy (non-hydrogen) atoms. The van der Waals surface area contributed by atoms with E-state index in [1.54, 1.807) is 6.92 Å². The highest BCUT2D eigenvalue weighted by Gasteiger charge is 2.26. The van der Waals surface area contributed by atoms with Crippen LogP contribution in [0.4, 0.5) is 5.69 Å².